The van der Waals surface area contributed by atoms with E-state index in [0.29, 0.717) is 22.3 Å². The highest BCUT2D eigenvalue weighted by Crippen LogP contribution is 2.28. The van der Waals surface area contributed by atoms with Crippen LogP contribution in [0.15, 0.2) is 83.1 Å². The second-order valence-corrected chi connectivity index (χ2v) is 9.11. The van der Waals surface area contributed by atoms with Gasteiger partial charge in [0, 0.05) is 23.4 Å². The van der Waals surface area contributed by atoms with Gasteiger partial charge in [-0.25, -0.2) is 5.43 Å². The number of nitrogens with zero attached hydrogens (tertiary/aromatic N) is 5. The first-order valence-electron chi connectivity index (χ1n) is 11.1. The lowest BCUT2D eigenvalue weighted by Gasteiger charge is -2.11. The van der Waals surface area contributed by atoms with E-state index in [1.165, 1.54) is 23.9 Å². The Labute approximate surface area is 212 Å². The first-order valence-corrected chi connectivity index (χ1v) is 12.1. The number of benzene rings is 3. The van der Waals surface area contributed by atoms with Crippen molar-refractivity contribution in [3.63, 3.8) is 0 Å². The Balaban J connectivity index is 1.50. The summed E-state index contributed by atoms with van der Waals surface area (Å²) in [5, 5.41) is 24.3. The molecule has 4 aromatic rings. The molecule has 0 atom stereocenters. The first kappa shape index (κ1) is 24.8. The summed E-state index contributed by atoms with van der Waals surface area (Å²) in [5.41, 5.74) is 7.85. The molecule has 0 aliphatic carbocycles. The third-order valence-electron chi connectivity index (χ3n) is 5.41. The highest BCUT2D eigenvalue weighted by molar-refractivity contribution is 7.99. The van der Waals surface area contributed by atoms with E-state index in [9.17, 15) is 14.9 Å². The number of aromatic nitrogens is 3. The van der Waals surface area contributed by atoms with Gasteiger partial charge in [0.15, 0.2) is 11.0 Å². The Kier molecular flexibility index (Phi) is 7.55. The van der Waals surface area contributed by atoms with Crippen LogP contribution >= 0.6 is 11.8 Å². The minimum atomic E-state index is -0.463. The minimum absolute atomic E-state index is 0.00493. The van der Waals surface area contributed by atoms with Gasteiger partial charge in [0.2, 0.25) is 0 Å². The van der Waals surface area contributed by atoms with Crippen LogP contribution in [-0.2, 0) is 4.79 Å². The molecule has 182 valence electrons. The Morgan fingerprint density at radius 3 is 2.19 bits per heavy atom. The summed E-state index contributed by atoms with van der Waals surface area (Å²) in [5.74, 6) is 0.458. The van der Waals surface area contributed by atoms with Gasteiger partial charge in [0.25, 0.3) is 11.6 Å². The van der Waals surface area contributed by atoms with E-state index in [0.717, 1.165) is 22.4 Å². The van der Waals surface area contributed by atoms with E-state index in [1.54, 1.807) is 19.1 Å². The van der Waals surface area contributed by atoms with Gasteiger partial charge in [-0.15, -0.1) is 10.2 Å². The summed E-state index contributed by atoms with van der Waals surface area (Å²) >= 11 is 1.26. The SMILES string of the molecule is CC(=NNC(=O)CSc1nnc(-c2ccc(C)cc2)n1-c1ccc(C)cc1)c1ccc([N+](=O)[O-])cc1. The van der Waals surface area contributed by atoms with Crippen LogP contribution in [0.2, 0.25) is 0 Å². The lowest BCUT2D eigenvalue weighted by molar-refractivity contribution is -0.384. The predicted molar refractivity (Wildman–Crippen MR) is 140 cm³/mol. The number of thioether (sulfide) groups is 1. The molecule has 1 heterocycles. The average molecular weight is 501 g/mol. The van der Waals surface area contributed by atoms with Crippen molar-refractivity contribution in [1.29, 1.82) is 0 Å². The van der Waals surface area contributed by atoms with Gasteiger partial charge in [0.05, 0.1) is 16.4 Å². The number of nitro benzene ring substituents is 1. The largest absolute Gasteiger partial charge is 0.272 e. The monoisotopic (exact) mass is 500 g/mol. The number of hydrogen-bond acceptors (Lipinski definition) is 7. The number of rotatable bonds is 8. The highest BCUT2D eigenvalue weighted by atomic mass is 32.2. The number of carbonyl (C=O) groups excluding carboxylic acids is 1. The van der Waals surface area contributed by atoms with Gasteiger partial charge in [-0.1, -0.05) is 59.3 Å². The molecular weight excluding hydrogens is 476 g/mol. The molecule has 0 radical (unpaired) electrons. The van der Waals surface area contributed by atoms with Crippen LogP contribution in [0.3, 0.4) is 0 Å². The van der Waals surface area contributed by atoms with E-state index in [-0.39, 0.29) is 17.3 Å². The maximum atomic E-state index is 12.5. The zero-order valence-electron chi connectivity index (χ0n) is 20.0. The summed E-state index contributed by atoms with van der Waals surface area (Å²) in [6.07, 6.45) is 0. The number of hydrazone groups is 1. The molecule has 0 spiro atoms. The first-order chi connectivity index (χ1) is 17.3. The van der Waals surface area contributed by atoms with Crippen molar-refractivity contribution in [3.05, 3.63) is 99.6 Å². The molecule has 1 N–H and O–H groups in total. The number of non-ortho nitro benzene ring substituents is 1. The average Bonchev–Trinajstić information content (AvgIpc) is 3.31. The van der Waals surface area contributed by atoms with Crippen molar-refractivity contribution >= 4 is 29.1 Å². The van der Waals surface area contributed by atoms with Crippen molar-refractivity contribution in [2.45, 2.75) is 25.9 Å². The van der Waals surface area contributed by atoms with Gasteiger partial charge in [0.1, 0.15) is 0 Å². The number of carbonyl (C=O) groups is 1. The molecule has 9 nitrogen and oxygen atoms in total. The molecule has 0 aliphatic heterocycles. The number of aryl methyl sites for hydroxylation is 2. The Morgan fingerprint density at radius 1 is 0.972 bits per heavy atom. The molecule has 4 rings (SSSR count). The maximum Gasteiger partial charge on any atom is 0.269 e. The molecule has 0 saturated heterocycles. The molecule has 0 aliphatic rings. The second kappa shape index (κ2) is 11.0. The number of nitro groups is 1. The zero-order chi connectivity index (χ0) is 25.7. The van der Waals surface area contributed by atoms with Crippen molar-refractivity contribution in [3.8, 4) is 17.1 Å². The Morgan fingerprint density at radius 2 is 1.58 bits per heavy atom. The lowest BCUT2D eigenvalue weighted by Crippen LogP contribution is -2.21. The van der Waals surface area contributed by atoms with Crippen LogP contribution in [0.5, 0.6) is 0 Å². The zero-order valence-corrected chi connectivity index (χ0v) is 20.8. The molecule has 0 saturated carbocycles. The third kappa shape index (κ3) is 5.84. The van der Waals surface area contributed by atoms with E-state index in [4.69, 9.17) is 0 Å². The summed E-state index contributed by atoms with van der Waals surface area (Å²) in [6, 6.07) is 22.1. The fourth-order valence-electron chi connectivity index (χ4n) is 3.38. The summed E-state index contributed by atoms with van der Waals surface area (Å²) < 4.78 is 1.94. The molecule has 0 fully saturated rings. The van der Waals surface area contributed by atoms with Crippen LogP contribution in [-0.4, -0.2) is 37.1 Å². The van der Waals surface area contributed by atoms with Crippen molar-refractivity contribution in [2.75, 3.05) is 5.75 Å². The van der Waals surface area contributed by atoms with E-state index >= 15 is 0 Å². The van der Waals surface area contributed by atoms with Gasteiger partial charge >= 0.3 is 0 Å². The molecular formula is C26H24N6O3S. The van der Waals surface area contributed by atoms with Crippen LogP contribution in [0.1, 0.15) is 23.6 Å². The van der Waals surface area contributed by atoms with E-state index < -0.39 is 4.92 Å². The van der Waals surface area contributed by atoms with E-state index in [1.807, 2.05) is 66.9 Å². The number of amides is 1. The van der Waals surface area contributed by atoms with Gasteiger partial charge in [-0.2, -0.15) is 5.10 Å². The third-order valence-corrected chi connectivity index (χ3v) is 6.34. The van der Waals surface area contributed by atoms with Crippen LogP contribution in [0, 0.1) is 24.0 Å². The van der Waals surface area contributed by atoms with Gasteiger partial charge < -0.3 is 0 Å². The standard InChI is InChI=1S/C26H24N6O3S/c1-17-4-8-21(9-5-17)25-29-30-26(31(25)22-12-6-18(2)7-13-22)36-16-24(33)28-27-19(3)20-10-14-23(15-11-20)32(34)35/h4-15H,16H2,1-3H3,(H,28,33). The maximum absolute atomic E-state index is 12.5. The number of nitrogens with one attached hydrogen (secondary N) is 1. The van der Waals surface area contributed by atoms with Crippen LogP contribution < -0.4 is 5.43 Å². The normalized spacial score (nSPS) is 11.4. The van der Waals surface area contributed by atoms with E-state index in [2.05, 4.69) is 20.7 Å². The topological polar surface area (TPSA) is 115 Å². The summed E-state index contributed by atoms with van der Waals surface area (Å²) in [6.45, 7) is 5.77. The summed E-state index contributed by atoms with van der Waals surface area (Å²) in [4.78, 5) is 22.9. The highest BCUT2D eigenvalue weighted by Gasteiger charge is 2.17. The molecule has 0 bridgehead atoms. The lowest BCUT2D eigenvalue weighted by atomic mass is 10.1. The Hall–Kier alpha value is -4.31. The quantitative estimate of drug-likeness (QED) is 0.156. The summed E-state index contributed by atoms with van der Waals surface area (Å²) in [7, 11) is 0. The molecule has 1 aromatic heterocycles. The fourth-order valence-corrected chi connectivity index (χ4v) is 4.12. The van der Waals surface area contributed by atoms with Crippen molar-refractivity contribution in [2.24, 2.45) is 5.10 Å². The van der Waals surface area contributed by atoms with Crippen LogP contribution in [0.25, 0.3) is 17.1 Å². The molecule has 1 amide bonds. The second-order valence-electron chi connectivity index (χ2n) is 8.17. The predicted octanol–water partition coefficient (Wildman–Crippen LogP) is 5.09. The molecule has 0 unspecified atom stereocenters. The van der Waals surface area contributed by atoms with Gasteiger partial charge in [-0.3, -0.25) is 19.5 Å². The molecule has 36 heavy (non-hydrogen) atoms. The molecule has 3 aromatic carbocycles. The van der Waals surface area contributed by atoms with Gasteiger partial charge in [-0.05, 0) is 50.6 Å². The van der Waals surface area contributed by atoms with Crippen molar-refractivity contribution in [1.82, 2.24) is 20.2 Å². The number of hydrogen-bond donors (Lipinski definition) is 1. The minimum Gasteiger partial charge on any atom is -0.272 e. The Bertz CT molecular complexity index is 1410. The van der Waals surface area contributed by atoms with Crippen LogP contribution in [0.4, 0.5) is 5.69 Å². The fraction of sp³-hybridized carbons (Fsp3) is 0.154. The van der Waals surface area contributed by atoms with Crippen molar-refractivity contribution < 1.29 is 9.72 Å². The molecule has 10 heteroatoms. The smallest absolute Gasteiger partial charge is 0.269 e.